The lowest BCUT2D eigenvalue weighted by molar-refractivity contribution is -0.135. The molecule has 0 bridgehead atoms. The number of halogens is 1. The minimum absolute atomic E-state index is 0.0522. The molecule has 0 aliphatic carbocycles. The Morgan fingerprint density at radius 1 is 1.24 bits per heavy atom. The van der Waals surface area contributed by atoms with Crippen molar-refractivity contribution in [1.29, 1.82) is 0 Å². The number of carbonyl (C=O) groups is 1. The van der Waals surface area contributed by atoms with Gasteiger partial charge in [-0.1, -0.05) is 18.0 Å². The van der Waals surface area contributed by atoms with Gasteiger partial charge >= 0.3 is 5.97 Å². The topological polar surface area (TPSA) is 43.8 Å². The smallest absolute Gasteiger partial charge is 0.323 e. The number of carboxylic acids is 1. The van der Waals surface area contributed by atoms with Crippen molar-refractivity contribution in [2.75, 3.05) is 24.5 Å². The lowest BCUT2D eigenvalue weighted by atomic mass is 9.97. The molecule has 0 saturated carbocycles. The molecule has 0 spiro atoms. The van der Waals surface area contributed by atoms with Crippen LogP contribution in [0.4, 0.5) is 5.69 Å². The monoisotopic (exact) mass is 308 g/mol. The number of fused-ring (bicyclic) bond motifs is 1. The molecule has 2 fully saturated rings. The van der Waals surface area contributed by atoms with E-state index in [-0.39, 0.29) is 6.54 Å². The highest BCUT2D eigenvalue weighted by atomic mass is 35.5. The first kappa shape index (κ1) is 14.7. The fourth-order valence-electron chi connectivity index (χ4n) is 3.76. The third-order valence-corrected chi connectivity index (χ3v) is 4.94. The Labute approximate surface area is 130 Å². The van der Waals surface area contributed by atoms with E-state index in [1.807, 2.05) is 24.3 Å². The molecule has 2 unspecified atom stereocenters. The van der Waals surface area contributed by atoms with Crippen molar-refractivity contribution in [2.24, 2.45) is 0 Å². The molecule has 4 nitrogen and oxygen atoms in total. The molecule has 1 aromatic rings. The summed E-state index contributed by atoms with van der Waals surface area (Å²) in [6.07, 6.45) is 4.73. The zero-order valence-corrected chi connectivity index (χ0v) is 12.8. The number of piperidine rings is 1. The summed E-state index contributed by atoms with van der Waals surface area (Å²) in [6.45, 7) is 2.29. The number of nitrogens with zero attached hydrogens (tertiary/aromatic N) is 2. The van der Waals surface area contributed by atoms with Crippen LogP contribution in [0.1, 0.15) is 25.7 Å². The van der Waals surface area contributed by atoms with Gasteiger partial charge in [-0.05, 0) is 50.1 Å². The molecule has 3 rings (SSSR count). The highest BCUT2D eigenvalue weighted by molar-refractivity contribution is 6.30. The Bertz CT molecular complexity index is 506. The van der Waals surface area contributed by atoms with Crippen molar-refractivity contribution in [2.45, 2.75) is 37.8 Å². The van der Waals surface area contributed by atoms with Gasteiger partial charge in [-0.15, -0.1) is 0 Å². The molecule has 0 amide bonds. The summed E-state index contributed by atoms with van der Waals surface area (Å²) in [5, 5.41) is 9.96. The quantitative estimate of drug-likeness (QED) is 0.929. The van der Waals surface area contributed by atoms with Crippen LogP contribution in [-0.4, -0.2) is 47.7 Å². The van der Waals surface area contributed by atoms with Crippen LogP contribution in [0.25, 0.3) is 0 Å². The molecule has 1 N–H and O–H groups in total. The number of aliphatic carboxylic acids is 1. The normalized spacial score (nSPS) is 25.6. The van der Waals surface area contributed by atoms with Crippen molar-refractivity contribution in [3.8, 4) is 0 Å². The van der Waals surface area contributed by atoms with E-state index in [0.717, 1.165) is 25.2 Å². The zero-order valence-electron chi connectivity index (χ0n) is 12.0. The second-order valence-electron chi connectivity index (χ2n) is 5.95. The Morgan fingerprint density at radius 3 is 2.71 bits per heavy atom. The first-order valence-corrected chi connectivity index (χ1v) is 8.01. The van der Waals surface area contributed by atoms with Gasteiger partial charge in [-0.25, -0.2) is 0 Å². The molecule has 2 aliphatic heterocycles. The molecular weight excluding hydrogens is 288 g/mol. The molecule has 5 heteroatoms. The molecular formula is C16H21ClN2O2. The van der Waals surface area contributed by atoms with Gasteiger partial charge in [0.05, 0.1) is 0 Å². The third kappa shape index (κ3) is 3.16. The molecule has 114 valence electrons. The molecule has 0 radical (unpaired) electrons. The second-order valence-corrected chi connectivity index (χ2v) is 6.39. The van der Waals surface area contributed by atoms with E-state index in [9.17, 15) is 9.90 Å². The summed E-state index contributed by atoms with van der Waals surface area (Å²) in [7, 11) is 0. The predicted octanol–water partition coefficient (Wildman–Crippen LogP) is 2.86. The first-order chi connectivity index (χ1) is 10.1. The first-order valence-electron chi connectivity index (χ1n) is 7.63. The van der Waals surface area contributed by atoms with Gasteiger partial charge in [0.15, 0.2) is 0 Å². The van der Waals surface area contributed by atoms with Gasteiger partial charge in [0.25, 0.3) is 0 Å². The van der Waals surface area contributed by atoms with Crippen LogP contribution in [0.2, 0.25) is 5.02 Å². The average molecular weight is 309 g/mol. The number of hydrogen-bond donors (Lipinski definition) is 1. The van der Waals surface area contributed by atoms with Gasteiger partial charge in [0.1, 0.15) is 6.54 Å². The van der Waals surface area contributed by atoms with Crippen molar-refractivity contribution in [1.82, 2.24) is 4.90 Å². The standard InChI is InChI=1S/C16H21ClN2O2/c17-12-4-6-13(7-5-12)19(11-16(20)21)15-8-10-18-9-2-1-3-14(15)18/h4-7,14-15H,1-3,8-11H2,(H,20,21). The Kier molecular flexibility index (Phi) is 4.36. The third-order valence-electron chi connectivity index (χ3n) is 4.68. The summed E-state index contributed by atoms with van der Waals surface area (Å²) < 4.78 is 0. The highest BCUT2D eigenvalue weighted by Crippen LogP contribution is 2.33. The molecule has 2 atom stereocenters. The number of benzene rings is 1. The van der Waals surface area contributed by atoms with E-state index in [0.29, 0.717) is 17.1 Å². The largest absolute Gasteiger partial charge is 0.480 e. The van der Waals surface area contributed by atoms with Crippen molar-refractivity contribution in [3.05, 3.63) is 29.3 Å². The molecule has 2 heterocycles. The van der Waals surface area contributed by atoms with Crippen LogP contribution in [-0.2, 0) is 4.79 Å². The fraction of sp³-hybridized carbons (Fsp3) is 0.562. The van der Waals surface area contributed by atoms with Crippen molar-refractivity contribution >= 4 is 23.3 Å². The van der Waals surface area contributed by atoms with Crippen LogP contribution in [0.3, 0.4) is 0 Å². The van der Waals surface area contributed by atoms with E-state index in [1.54, 1.807) is 0 Å². The molecule has 1 aromatic carbocycles. The van der Waals surface area contributed by atoms with E-state index in [4.69, 9.17) is 11.6 Å². The van der Waals surface area contributed by atoms with Crippen LogP contribution in [0.5, 0.6) is 0 Å². The SMILES string of the molecule is O=C(O)CN(c1ccc(Cl)cc1)C1CCN2CCCCC12. The maximum Gasteiger partial charge on any atom is 0.323 e. The van der Waals surface area contributed by atoms with Gasteiger partial charge < -0.3 is 10.0 Å². The maximum absolute atomic E-state index is 11.3. The predicted molar refractivity (Wildman–Crippen MR) is 84.1 cm³/mol. The summed E-state index contributed by atoms with van der Waals surface area (Å²) in [5.41, 5.74) is 0.958. The summed E-state index contributed by atoms with van der Waals surface area (Å²) in [5.74, 6) is -0.779. The number of hydrogen-bond acceptors (Lipinski definition) is 3. The van der Waals surface area contributed by atoms with Gasteiger partial charge in [0, 0.05) is 29.3 Å². The minimum atomic E-state index is -0.779. The van der Waals surface area contributed by atoms with Crippen molar-refractivity contribution in [3.63, 3.8) is 0 Å². The molecule has 0 aromatic heterocycles. The second kappa shape index (κ2) is 6.24. The van der Waals surface area contributed by atoms with Gasteiger partial charge in [-0.2, -0.15) is 0 Å². The molecule has 2 saturated heterocycles. The molecule has 21 heavy (non-hydrogen) atoms. The van der Waals surface area contributed by atoms with Gasteiger partial charge in [0.2, 0.25) is 0 Å². The summed E-state index contributed by atoms with van der Waals surface area (Å²) >= 11 is 5.95. The summed E-state index contributed by atoms with van der Waals surface area (Å²) in [6, 6.07) is 8.31. The van der Waals surface area contributed by atoms with Crippen LogP contribution in [0.15, 0.2) is 24.3 Å². The van der Waals surface area contributed by atoms with E-state index >= 15 is 0 Å². The Hall–Kier alpha value is -1.26. The molecule has 2 aliphatic rings. The van der Waals surface area contributed by atoms with E-state index in [2.05, 4.69) is 9.80 Å². The maximum atomic E-state index is 11.3. The number of anilines is 1. The minimum Gasteiger partial charge on any atom is -0.480 e. The van der Waals surface area contributed by atoms with Crippen LogP contribution in [0, 0.1) is 0 Å². The average Bonchev–Trinajstić information content (AvgIpc) is 2.89. The zero-order chi connectivity index (χ0) is 14.8. The van der Waals surface area contributed by atoms with E-state index in [1.165, 1.54) is 19.3 Å². The van der Waals surface area contributed by atoms with E-state index < -0.39 is 5.97 Å². The highest BCUT2D eigenvalue weighted by Gasteiger charge is 2.39. The Morgan fingerprint density at radius 2 is 2.00 bits per heavy atom. The lowest BCUT2D eigenvalue weighted by Crippen LogP contribution is -2.48. The van der Waals surface area contributed by atoms with Gasteiger partial charge in [-0.3, -0.25) is 9.69 Å². The number of rotatable bonds is 4. The summed E-state index contributed by atoms with van der Waals surface area (Å²) in [4.78, 5) is 15.9. The van der Waals surface area contributed by atoms with Crippen LogP contribution < -0.4 is 4.90 Å². The Balaban J connectivity index is 1.85. The lowest BCUT2D eigenvalue weighted by Gasteiger charge is -2.38. The fourth-order valence-corrected chi connectivity index (χ4v) is 3.89. The van der Waals surface area contributed by atoms with Crippen LogP contribution >= 0.6 is 11.6 Å². The number of carboxylic acid groups (broad SMARTS) is 1. The van der Waals surface area contributed by atoms with Crippen molar-refractivity contribution < 1.29 is 9.90 Å².